The minimum absolute atomic E-state index is 0.216. The fourth-order valence-corrected chi connectivity index (χ4v) is 2.01. The van der Waals surface area contributed by atoms with Crippen LogP contribution in [0.2, 0.25) is 5.02 Å². The summed E-state index contributed by atoms with van der Waals surface area (Å²) in [5.41, 5.74) is 3.45. The number of aromatic nitrogens is 2. The molecule has 0 aliphatic carbocycles. The Kier molecular flexibility index (Phi) is 2.27. The van der Waals surface area contributed by atoms with Gasteiger partial charge in [0.25, 0.3) is 0 Å². The molecule has 3 nitrogen and oxygen atoms in total. The second-order valence-electron chi connectivity index (χ2n) is 3.80. The summed E-state index contributed by atoms with van der Waals surface area (Å²) in [6, 6.07) is 10.8. The highest BCUT2D eigenvalue weighted by Gasteiger charge is 2.06. The van der Waals surface area contributed by atoms with E-state index in [0.29, 0.717) is 10.6 Å². The van der Waals surface area contributed by atoms with Gasteiger partial charge in [-0.1, -0.05) is 17.7 Å². The maximum atomic E-state index is 9.83. The van der Waals surface area contributed by atoms with Crippen LogP contribution in [0.1, 0.15) is 0 Å². The lowest BCUT2D eigenvalue weighted by Crippen LogP contribution is -1.80. The molecule has 1 heterocycles. The molecule has 2 aromatic carbocycles. The summed E-state index contributed by atoms with van der Waals surface area (Å²) in [5, 5.41) is 10.4. The molecule has 3 aromatic rings. The number of hydrogen-bond donors (Lipinski definition) is 2. The summed E-state index contributed by atoms with van der Waals surface area (Å²) in [5.74, 6) is 0.216. The molecule has 0 bridgehead atoms. The fraction of sp³-hybridized carbons (Fsp3) is 0. The molecule has 17 heavy (non-hydrogen) atoms. The average Bonchev–Trinajstić information content (AvgIpc) is 2.79. The molecule has 4 heteroatoms. The number of fused-ring (bicyclic) bond motifs is 1. The smallest absolute Gasteiger partial charge is 0.123 e. The van der Waals surface area contributed by atoms with E-state index in [1.165, 1.54) is 0 Å². The first-order chi connectivity index (χ1) is 8.24. The van der Waals surface area contributed by atoms with Crippen molar-refractivity contribution in [3.63, 3.8) is 0 Å². The first-order valence-electron chi connectivity index (χ1n) is 5.16. The molecule has 0 radical (unpaired) electrons. The van der Waals surface area contributed by atoms with Crippen LogP contribution in [0.15, 0.2) is 42.7 Å². The van der Waals surface area contributed by atoms with Crippen LogP contribution >= 0.6 is 11.6 Å². The third kappa shape index (κ3) is 1.74. The number of benzene rings is 2. The summed E-state index contributed by atoms with van der Waals surface area (Å²) in [4.78, 5) is 7.19. The van der Waals surface area contributed by atoms with Crippen LogP contribution in [0.3, 0.4) is 0 Å². The van der Waals surface area contributed by atoms with Gasteiger partial charge in [-0.25, -0.2) is 4.98 Å². The first-order valence-corrected chi connectivity index (χ1v) is 5.54. The van der Waals surface area contributed by atoms with Crippen molar-refractivity contribution in [2.75, 3.05) is 0 Å². The predicted octanol–water partition coefficient (Wildman–Crippen LogP) is 3.59. The average molecular weight is 245 g/mol. The SMILES string of the molecule is Oc1ccc(Cl)cc1-c1ccc2nc[nH]c2c1. The van der Waals surface area contributed by atoms with Crippen molar-refractivity contribution in [3.05, 3.63) is 47.7 Å². The second kappa shape index (κ2) is 3.79. The number of nitrogens with zero attached hydrogens (tertiary/aromatic N) is 1. The van der Waals surface area contributed by atoms with E-state index in [0.717, 1.165) is 16.6 Å². The van der Waals surface area contributed by atoms with Crippen LogP contribution in [0.4, 0.5) is 0 Å². The van der Waals surface area contributed by atoms with Gasteiger partial charge in [-0.15, -0.1) is 0 Å². The molecule has 0 saturated carbocycles. The largest absolute Gasteiger partial charge is 0.507 e. The molecule has 3 rings (SSSR count). The molecular weight excluding hydrogens is 236 g/mol. The van der Waals surface area contributed by atoms with Gasteiger partial charge in [0.05, 0.1) is 17.4 Å². The number of rotatable bonds is 1. The molecule has 2 N–H and O–H groups in total. The van der Waals surface area contributed by atoms with Crippen molar-refractivity contribution in [1.82, 2.24) is 9.97 Å². The Bertz CT molecular complexity index is 691. The van der Waals surface area contributed by atoms with E-state index in [4.69, 9.17) is 11.6 Å². The van der Waals surface area contributed by atoms with Gasteiger partial charge in [0.1, 0.15) is 5.75 Å². The van der Waals surface area contributed by atoms with Gasteiger partial charge in [0.15, 0.2) is 0 Å². The Morgan fingerprint density at radius 2 is 2.00 bits per heavy atom. The van der Waals surface area contributed by atoms with Crippen molar-refractivity contribution in [1.29, 1.82) is 0 Å². The number of phenolic OH excluding ortho intramolecular Hbond substituents is 1. The number of aromatic hydroxyl groups is 1. The molecule has 84 valence electrons. The lowest BCUT2D eigenvalue weighted by atomic mass is 10.0. The number of hydrogen-bond acceptors (Lipinski definition) is 2. The van der Waals surface area contributed by atoms with Crippen LogP contribution < -0.4 is 0 Å². The van der Waals surface area contributed by atoms with Gasteiger partial charge in [0.2, 0.25) is 0 Å². The van der Waals surface area contributed by atoms with Gasteiger partial charge < -0.3 is 10.1 Å². The van der Waals surface area contributed by atoms with Crippen LogP contribution in [-0.4, -0.2) is 15.1 Å². The lowest BCUT2D eigenvalue weighted by Gasteiger charge is -2.05. The normalized spacial score (nSPS) is 10.9. The minimum atomic E-state index is 0.216. The Labute approximate surface area is 103 Å². The van der Waals surface area contributed by atoms with Gasteiger partial charge in [-0.2, -0.15) is 0 Å². The number of phenols is 1. The molecule has 0 aliphatic rings. The Morgan fingerprint density at radius 3 is 2.88 bits per heavy atom. The molecule has 0 atom stereocenters. The van der Waals surface area contributed by atoms with Gasteiger partial charge in [-0.05, 0) is 35.9 Å². The van der Waals surface area contributed by atoms with Crippen molar-refractivity contribution < 1.29 is 5.11 Å². The van der Waals surface area contributed by atoms with Crippen LogP contribution in [-0.2, 0) is 0 Å². The summed E-state index contributed by atoms with van der Waals surface area (Å²) < 4.78 is 0. The Balaban J connectivity index is 2.22. The summed E-state index contributed by atoms with van der Waals surface area (Å²) in [7, 11) is 0. The van der Waals surface area contributed by atoms with E-state index >= 15 is 0 Å². The number of imidazole rings is 1. The van der Waals surface area contributed by atoms with Crippen molar-refractivity contribution in [3.8, 4) is 16.9 Å². The van der Waals surface area contributed by atoms with Crippen molar-refractivity contribution in [2.45, 2.75) is 0 Å². The molecule has 1 aromatic heterocycles. The van der Waals surface area contributed by atoms with Crippen molar-refractivity contribution in [2.24, 2.45) is 0 Å². The third-order valence-electron chi connectivity index (χ3n) is 2.69. The maximum absolute atomic E-state index is 9.83. The Hall–Kier alpha value is -2.00. The number of aromatic amines is 1. The van der Waals surface area contributed by atoms with E-state index in [2.05, 4.69) is 9.97 Å². The summed E-state index contributed by atoms with van der Waals surface area (Å²) in [6.07, 6.45) is 1.65. The fourth-order valence-electron chi connectivity index (χ4n) is 1.84. The molecule has 0 aliphatic heterocycles. The predicted molar refractivity (Wildman–Crippen MR) is 68.2 cm³/mol. The molecule has 0 amide bonds. The number of halogens is 1. The number of nitrogens with one attached hydrogen (secondary N) is 1. The van der Waals surface area contributed by atoms with Gasteiger partial charge in [-0.3, -0.25) is 0 Å². The molecule has 0 unspecified atom stereocenters. The number of H-pyrrole nitrogens is 1. The summed E-state index contributed by atoms with van der Waals surface area (Å²) in [6.45, 7) is 0. The monoisotopic (exact) mass is 244 g/mol. The zero-order valence-corrected chi connectivity index (χ0v) is 9.57. The molecule has 0 spiro atoms. The maximum Gasteiger partial charge on any atom is 0.123 e. The topological polar surface area (TPSA) is 48.9 Å². The van der Waals surface area contributed by atoms with Gasteiger partial charge in [0, 0.05) is 10.6 Å². The second-order valence-corrected chi connectivity index (χ2v) is 4.23. The van der Waals surface area contributed by atoms with Crippen LogP contribution in [0, 0.1) is 0 Å². The van der Waals surface area contributed by atoms with Gasteiger partial charge >= 0.3 is 0 Å². The highest BCUT2D eigenvalue weighted by atomic mass is 35.5. The Morgan fingerprint density at radius 1 is 1.12 bits per heavy atom. The highest BCUT2D eigenvalue weighted by Crippen LogP contribution is 2.32. The molecular formula is C13H9ClN2O. The highest BCUT2D eigenvalue weighted by molar-refractivity contribution is 6.31. The zero-order chi connectivity index (χ0) is 11.8. The van der Waals surface area contributed by atoms with E-state index in [1.54, 1.807) is 24.5 Å². The van der Waals surface area contributed by atoms with Crippen molar-refractivity contribution >= 4 is 22.6 Å². The van der Waals surface area contributed by atoms with E-state index in [9.17, 15) is 5.11 Å². The quantitative estimate of drug-likeness (QED) is 0.687. The standard InChI is InChI=1S/C13H9ClN2O/c14-9-2-4-13(17)10(6-9)8-1-3-11-12(5-8)16-7-15-11/h1-7,17H,(H,15,16). The van der Waals surface area contributed by atoms with Crippen LogP contribution in [0.5, 0.6) is 5.75 Å². The van der Waals surface area contributed by atoms with Crippen LogP contribution in [0.25, 0.3) is 22.2 Å². The molecule has 0 fully saturated rings. The van der Waals surface area contributed by atoms with E-state index < -0.39 is 0 Å². The minimum Gasteiger partial charge on any atom is -0.507 e. The van der Waals surface area contributed by atoms with E-state index in [1.807, 2.05) is 18.2 Å². The lowest BCUT2D eigenvalue weighted by molar-refractivity contribution is 0.477. The molecule has 0 saturated heterocycles. The first kappa shape index (κ1) is 10.2. The third-order valence-corrected chi connectivity index (χ3v) is 2.92. The zero-order valence-electron chi connectivity index (χ0n) is 8.81. The van der Waals surface area contributed by atoms with E-state index in [-0.39, 0.29) is 5.75 Å². The summed E-state index contributed by atoms with van der Waals surface area (Å²) >= 11 is 5.93.